The zero-order valence-electron chi connectivity index (χ0n) is 8.27. The van der Waals surface area contributed by atoms with Gasteiger partial charge in [-0.1, -0.05) is 15.9 Å². The summed E-state index contributed by atoms with van der Waals surface area (Å²) < 4.78 is 0.0103. The van der Waals surface area contributed by atoms with Crippen LogP contribution in [0.15, 0.2) is 33.6 Å². The van der Waals surface area contributed by atoms with E-state index >= 15 is 0 Å². The van der Waals surface area contributed by atoms with Crippen molar-refractivity contribution in [2.24, 2.45) is 0 Å². The molecule has 1 aromatic rings. The third kappa shape index (κ3) is 2.15. The summed E-state index contributed by atoms with van der Waals surface area (Å²) in [5.74, 6) is -0.882. The molecule has 0 saturated heterocycles. The van der Waals surface area contributed by atoms with Gasteiger partial charge in [-0.2, -0.15) is 0 Å². The predicted molar refractivity (Wildman–Crippen MR) is 64.6 cm³/mol. The minimum atomic E-state index is -0.940. The highest BCUT2D eigenvalue weighted by atomic mass is 79.9. The minimum Gasteiger partial charge on any atom is -0.480 e. The Morgan fingerprint density at radius 2 is 1.88 bits per heavy atom. The Balaban J connectivity index is 2.16. The molecule has 0 bridgehead atoms. The fourth-order valence-corrected chi connectivity index (χ4v) is 3.12. The van der Waals surface area contributed by atoms with Crippen molar-refractivity contribution in [1.29, 1.82) is 0 Å². The Morgan fingerprint density at radius 1 is 1.31 bits per heavy atom. The highest BCUT2D eigenvalue weighted by molar-refractivity contribution is 9.10. The average Bonchev–Trinajstić information content (AvgIpc) is 2.18. The van der Waals surface area contributed by atoms with Crippen molar-refractivity contribution in [3.63, 3.8) is 0 Å². The van der Waals surface area contributed by atoms with E-state index in [9.17, 15) is 9.59 Å². The molecule has 0 radical (unpaired) electrons. The zero-order chi connectivity index (χ0) is 11.8. The highest BCUT2D eigenvalue weighted by Gasteiger charge is 2.51. The van der Waals surface area contributed by atoms with Crippen molar-refractivity contribution in [3.8, 4) is 0 Å². The number of ketones is 1. The van der Waals surface area contributed by atoms with Crippen LogP contribution in [0.1, 0.15) is 12.8 Å². The fraction of sp³-hybridized carbons (Fsp3) is 0.273. The van der Waals surface area contributed by atoms with Crippen LogP contribution in [-0.2, 0) is 9.59 Å². The lowest BCUT2D eigenvalue weighted by Crippen LogP contribution is -2.48. The van der Waals surface area contributed by atoms with Crippen LogP contribution in [0, 0.1) is 0 Å². The number of carboxylic acid groups (broad SMARTS) is 1. The topological polar surface area (TPSA) is 54.4 Å². The molecule has 16 heavy (non-hydrogen) atoms. The van der Waals surface area contributed by atoms with E-state index < -0.39 is 10.7 Å². The molecule has 0 aromatic heterocycles. The molecule has 1 aliphatic rings. The van der Waals surface area contributed by atoms with E-state index in [1.165, 1.54) is 11.8 Å². The molecule has 0 spiro atoms. The number of Topliss-reactive ketones (excluding diaryl/α,β-unsaturated/α-hetero) is 1. The van der Waals surface area contributed by atoms with Crippen molar-refractivity contribution in [2.75, 3.05) is 0 Å². The lowest BCUT2D eigenvalue weighted by atomic mass is 9.83. The van der Waals surface area contributed by atoms with Gasteiger partial charge in [0, 0.05) is 22.2 Å². The molecule has 1 aromatic carbocycles. The quantitative estimate of drug-likeness (QED) is 0.932. The number of hydrogen-bond acceptors (Lipinski definition) is 3. The Bertz CT molecular complexity index is 433. The number of rotatable bonds is 3. The smallest absolute Gasteiger partial charge is 0.321 e. The van der Waals surface area contributed by atoms with E-state index in [1.807, 2.05) is 24.3 Å². The van der Waals surface area contributed by atoms with Crippen molar-refractivity contribution in [1.82, 2.24) is 0 Å². The Kier molecular flexibility index (Phi) is 3.08. The van der Waals surface area contributed by atoms with Crippen LogP contribution in [0.3, 0.4) is 0 Å². The molecule has 0 amide bonds. The van der Waals surface area contributed by atoms with E-state index in [1.54, 1.807) is 0 Å². The first-order chi connectivity index (χ1) is 7.52. The number of carbonyl (C=O) groups is 2. The van der Waals surface area contributed by atoms with Gasteiger partial charge in [0.25, 0.3) is 0 Å². The SMILES string of the molecule is O=C1CC(Sc2ccc(Br)cc2)(C(=O)O)C1. The number of hydrogen-bond donors (Lipinski definition) is 1. The van der Waals surface area contributed by atoms with E-state index in [0.717, 1.165) is 9.37 Å². The average molecular weight is 301 g/mol. The molecule has 1 N–H and O–H groups in total. The van der Waals surface area contributed by atoms with Crippen LogP contribution in [0.2, 0.25) is 0 Å². The van der Waals surface area contributed by atoms with Crippen LogP contribution >= 0.6 is 27.7 Å². The molecule has 0 atom stereocenters. The van der Waals surface area contributed by atoms with Crippen LogP contribution in [0.4, 0.5) is 0 Å². The number of thioether (sulfide) groups is 1. The van der Waals surface area contributed by atoms with Crippen molar-refractivity contribution in [3.05, 3.63) is 28.7 Å². The number of aliphatic carboxylic acids is 1. The van der Waals surface area contributed by atoms with E-state index in [4.69, 9.17) is 5.11 Å². The first-order valence-electron chi connectivity index (χ1n) is 4.71. The lowest BCUT2D eigenvalue weighted by molar-refractivity contribution is -0.147. The van der Waals surface area contributed by atoms with Crippen molar-refractivity contribution < 1.29 is 14.7 Å². The first-order valence-corrected chi connectivity index (χ1v) is 6.32. The summed E-state index contributed by atoms with van der Waals surface area (Å²) in [6.07, 6.45) is 0.256. The summed E-state index contributed by atoms with van der Waals surface area (Å²) in [6.45, 7) is 0. The normalized spacial score (nSPS) is 17.9. The highest BCUT2D eigenvalue weighted by Crippen LogP contribution is 2.46. The molecule has 1 aliphatic carbocycles. The maximum absolute atomic E-state index is 11.1. The molecular formula is C11H9BrO3S. The Morgan fingerprint density at radius 3 is 2.31 bits per heavy atom. The maximum Gasteiger partial charge on any atom is 0.321 e. The summed E-state index contributed by atoms with van der Waals surface area (Å²) in [5, 5.41) is 9.14. The van der Waals surface area contributed by atoms with Crippen LogP contribution in [0.5, 0.6) is 0 Å². The van der Waals surface area contributed by atoms with Crippen molar-refractivity contribution in [2.45, 2.75) is 22.5 Å². The number of halogens is 1. The summed E-state index contributed by atoms with van der Waals surface area (Å²) in [6, 6.07) is 7.42. The molecule has 3 nitrogen and oxygen atoms in total. The van der Waals surface area contributed by atoms with Gasteiger partial charge in [-0.25, -0.2) is 0 Å². The molecule has 2 rings (SSSR count). The Labute approximate surface area is 105 Å². The van der Waals surface area contributed by atoms with Gasteiger partial charge >= 0.3 is 5.97 Å². The molecule has 5 heteroatoms. The van der Waals surface area contributed by atoms with Gasteiger partial charge in [-0.15, -0.1) is 11.8 Å². The van der Waals surface area contributed by atoms with Gasteiger partial charge in [-0.3, -0.25) is 9.59 Å². The third-order valence-electron chi connectivity index (χ3n) is 2.48. The standard InChI is InChI=1S/C11H9BrO3S/c12-7-1-3-9(4-2-7)16-11(10(14)15)5-8(13)6-11/h1-4H,5-6H2,(H,14,15). The van der Waals surface area contributed by atoms with Crippen molar-refractivity contribution >= 4 is 39.4 Å². The van der Waals surface area contributed by atoms with Gasteiger partial charge in [-0.05, 0) is 24.3 Å². The molecule has 0 unspecified atom stereocenters. The number of carbonyl (C=O) groups excluding carboxylic acids is 1. The summed E-state index contributed by atoms with van der Waals surface area (Å²) in [5.41, 5.74) is 0. The van der Waals surface area contributed by atoms with Gasteiger partial charge in [0.05, 0.1) is 0 Å². The largest absolute Gasteiger partial charge is 0.480 e. The van der Waals surface area contributed by atoms with Gasteiger partial charge < -0.3 is 5.11 Å². The zero-order valence-corrected chi connectivity index (χ0v) is 10.7. The van der Waals surface area contributed by atoms with E-state index in [0.29, 0.717) is 0 Å². The summed E-state index contributed by atoms with van der Waals surface area (Å²) in [7, 11) is 0. The van der Waals surface area contributed by atoms with E-state index in [-0.39, 0.29) is 18.6 Å². The summed E-state index contributed by atoms with van der Waals surface area (Å²) >= 11 is 4.57. The monoisotopic (exact) mass is 300 g/mol. The number of carboxylic acids is 1. The minimum absolute atomic E-state index is 0.0204. The van der Waals surface area contributed by atoms with Gasteiger partial charge in [0.15, 0.2) is 0 Å². The molecule has 1 fully saturated rings. The van der Waals surface area contributed by atoms with Crippen LogP contribution < -0.4 is 0 Å². The Hall–Kier alpha value is -0.810. The second-order valence-electron chi connectivity index (χ2n) is 3.75. The first kappa shape index (κ1) is 11.7. The van der Waals surface area contributed by atoms with Crippen LogP contribution in [0.25, 0.3) is 0 Å². The predicted octanol–water partition coefficient (Wildman–Crippen LogP) is 2.73. The molecule has 84 valence electrons. The molecule has 0 heterocycles. The molecule has 0 aliphatic heterocycles. The van der Waals surface area contributed by atoms with Crippen LogP contribution in [-0.4, -0.2) is 21.6 Å². The second-order valence-corrected chi connectivity index (χ2v) is 6.12. The molecule has 1 saturated carbocycles. The fourth-order valence-electron chi connectivity index (χ4n) is 1.58. The maximum atomic E-state index is 11.1. The van der Waals surface area contributed by atoms with Gasteiger partial charge in [0.2, 0.25) is 0 Å². The van der Waals surface area contributed by atoms with Gasteiger partial charge in [0.1, 0.15) is 10.5 Å². The molecular weight excluding hydrogens is 292 g/mol. The summed E-state index contributed by atoms with van der Waals surface area (Å²) in [4.78, 5) is 23.0. The van der Waals surface area contributed by atoms with E-state index in [2.05, 4.69) is 15.9 Å². The number of benzene rings is 1. The second kappa shape index (κ2) is 4.22. The third-order valence-corrected chi connectivity index (χ3v) is 4.37. The lowest BCUT2D eigenvalue weighted by Gasteiger charge is -2.35.